The Balaban J connectivity index is 0.00000289. The van der Waals surface area contributed by atoms with Crippen LogP contribution in [0.25, 0.3) is 11.5 Å². The van der Waals surface area contributed by atoms with E-state index in [1.165, 1.54) is 0 Å². The Morgan fingerprint density at radius 3 is 2.47 bits per heavy atom. The third-order valence-corrected chi connectivity index (χ3v) is 6.20. The van der Waals surface area contributed by atoms with Gasteiger partial charge in [0.15, 0.2) is 0 Å². The molecule has 0 spiro atoms. The number of anilines is 2. The van der Waals surface area contributed by atoms with Crippen LogP contribution in [0.1, 0.15) is 12.8 Å². The number of nitrogens with zero attached hydrogens (tertiary/aromatic N) is 4. The number of hydrogen-bond donors (Lipinski definition) is 1. The maximum absolute atomic E-state index is 6.34. The Labute approximate surface area is 209 Å². The van der Waals surface area contributed by atoms with Crippen molar-refractivity contribution in [3.05, 3.63) is 57.5 Å². The molecule has 6 nitrogen and oxygen atoms in total. The second-order valence-corrected chi connectivity index (χ2v) is 8.71. The highest BCUT2D eigenvalue weighted by atomic mass is 35.5. The van der Waals surface area contributed by atoms with Crippen molar-refractivity contribution in [3.63, 3.8) is 0 Å². The minimum Gasteiger partial charge on any atom is -0.368 e. The lowest BCUT2D eigenvalue weighted by atomic mass is 10.2. The molecule has 2 aromatic carbocycles. The van der Waals surface area contributed by atoms with Crippen molar-refractivity contribution in [2.24, 2.45) is 0 Å². The molecular formula is C22H25Cl4N5O. The lowest BCUT2D eigenvalue weighted by molar-refractivity contribution is 0.254. The first-order valence-electron chi connectivity index (χ1n) is 10.3. The first-order chi connectivity index (χ1) is 15.1. The first kappa shape index (κ1) is 24.9. The maximum Gasteiger partial charge on any atom is 0.263 e. The molecule has 1 N–H and O–H groups in total. The summed E-state index contributed by atoms with van der Waals surface area (Å²) < 4.78 is 5.31. The molecule has 0 unspecified atom stereocenters. The molecule has 172 valence electrons. The van der Waals surface area contributed by atoms with Gasteiger partial charge in [-0.1, -0.05) is 46.9 Å². The van der Waals surface area contributed by atoms with E-state index in [-0.39, 0.29) is 12.4 Å². The van der Waals surface area contributed by atoms with Crippen LogP contribution in [-0.2, 0) is 0 Å². The molecular weight excluding hydrogens is 492 g/mol. The SMILES string of the molecule is Cl.Clc1ccc(N2CCN(CCCCNc3noc(-c4ccccc4Cl)n3)CC2)c(Cl)c1. The van der Waals surface area contributed by atoms with Gasteiger partial charge < -0.3 is 14.7 Å². The largest absolute Gasteiger partial charge is 0.368 e. The van der Waals surface area contributed by atoms with Gasteiger partial charge >= 0.3 is 0 Å². The molecule has 1 aliphatic rings. The fourth-order valence-electron chi connectivity index (χ4n) is 3.65. The van der Waals surface area contributed by atoms with E-state index in [4.69, 9.17) is 39.3 Å². The molecule has 1 aliphatic heterocycles. The summed E-state index contributed by atoms with van der Waals surface area (Å²) in [7, 11) is 0. The second-order valence-electron chi connectivity index (χ2n) is 7.46. The average molecular weight is 517 g/mol. The van der Waals surface area contributed by atoms with Crippen molar-refractivity contribution in [1.82, 2.24) is 15.0 Å². The molecule has 1 fully saturated rings. The summed E-state index contributed by atoms with van der Waals surface area (Å²) in [6.07, 6.45) is 2.13. The molecule has 3 aromatic rings. The van der Waals surface area contributed by atoms with Crippen LogP contribution in [0.5, 0.6) is 0 Å². The van der Waals surface area contributed by atoms with Crippen LogP contribution in [0.4, 0.5) is 11.6 Å². The summed E-state index contributed by atoms with van der Waals surface area (Å²) in [5, 5.41) is 9.18. The van der Waals surface area contributed by atoms with Crippen LogP contribution in [0.3, 0.4) is 0 Å². The average Bonchev–Trinajstić information content (AvgIpc) is 3.23. The van der Waals surface area contributed by atoms with Gasteiger partial charge in [0.1, 0.15) is 0 Å². The molecule has 2 heterocycles. The predicted octanol–water partition coefficient (Wildman–Crippen LogP) is 6.13. The topological polar surface area (TPSA) is 57.4 Å². The van der Waals surface area contributed by atoms with Crippen molar-refractivity contribution < 1.29 is 4.52 Å². The van der Waals surface area contributed by atoms with Crippen LogP contribution in [-0.4, -0.2) is 54.3 Å². The van der Waals surface area contributed by atoms with Crippen molar-refractivity contribution in [1.29, 1.82) is 0 Å². The number of nitrogens with one attached hydrogen (secondary N) is 1. The van der Waals surface area contributed by atoms with Gasteiger partial charge in [-0.25, -0.2) is 0 Å². The van der Waals surface area contributed by atoms with Crippen molar-refractivity contribution in [2.75, 3.05) is 49.5 Å². The van der Waals surface area contributed by atoms with Gasteiger partial charge in [-0.2, -0.15) is 4.98 Å². The lowest BCUT2D eigenvalue weighted by Gasteiger charge is -2.36. The summed E-state index contributed by atoms with van der Waals surface area (Å²) in [6, 6.07) is 13.1. The molecule has 0 atom stereocenters. The summed E-state index contributed by atoms with van der Waals surface area (Å²) >= 11 is 18.5. The molecule has 0 radical (unpaired) electrons. The molecule has 0 amide bonds. The molecule has 1 saturated heterocycles. The van der Waals surface area contributed by atoms with Crippen LogP contribution in [0.15, 0.2) is 47.0 Å². The summed E-state index contributed by atoms with van der Waals surface area (Å²) in [5.41, 5.74) is 1.80. The normalized spacial score (nSPS) is 14.3. The van der Waals surface area contributed by atoms with Gasteiger partial charge in [0, 0.05) is 37.7 Å². The van der Waals surface area contributed by atoms with Gasteiger partial charge in [0.2, 0.25) is 0 Å². The minimum atomic E-state index is 0. The number of rotatable bonds is 8. The van der Waals surface area contributed by atoms with Crippen LogP contribution in [0, 0.1) is 0 Å². The van der Waals surface area contributed by atoms with Gasteiger partial charge in [-0.3, -0.25) is 4.90 Å². The zero-order chi connectivity index (χ0) is 21.6. The summed E-state index contributed by atoms with van der Waals surface area (Å²) in [4.78, 5) is 9.18. The monoisotopic (exact) mass is 515 g/mol. The van der Waals surface area contributed by atoms with Crippen molar-refractivity contribution >= 4 is 58.8 Å². The van der Waals surface area contributed by atoms with Crippen molar-refractivity contribution in [2.45, 2.75) is 12.8 Å². The highest BCUT2D eigenvalue weighted by Crippen LogP contribution is 2.29. The van der Waals surface area contributed by atoms with Gasteiger partial charge in [-0.05, 0) is 54.9 Å². The Bertz CT molecular complexity index is 1010. The predicted molar refractivity (Wildman–Crippen MR) is 135 cm³/mol. The first-order valence-corrected chi connectivity index (χ1v) is 11.5. The van der Waals surface area contributed by atoms with Crippen molar-refractivity contribution in [3.8, 4) is 11.5 Å². The fourth-order valence-corrected chi connectivity index (χ4v) is 4.39. The van der Waals surface area contributed by atoms with E-state index in [1.807, 2.05) is 30.3 Å². The third-order valence-electron chi connectivity index (χ3n) is 5.34. The van der Waals surface area contributed by atoms with Gasteiger partial charge in [0.05, 0.1) is 21.3 Å². The van der Waals surface area contributed by atoms with E-state index < -0.39 is 0 Å². The quantitative estimate of drug-likeness (QED) is 0.363. The zero-order valence-electron chi connectivity index (χ0n) is 17.4. The Morgan fingerprint density at radius 2 is 1.72 bits per heavy atom. The highest BCUT2D eigenvalue weighted by Gasteiger charge is 2.18. The van der Waals surface area contributed by atoms with E-state index in [2.05, 4.69) is 25.3 Å². The second kappa shape index (κ2) is 12.0. The molecule has 0 saturated carbocycles. The smallest absolute Gasteiger partial charge is 0.263 e. The Morgan fingerprint density at radius 1 is 0.938 bits per heavy atom. The minimum absolute atomic E-state index is 0. The molecule has 1 aromatic heterocycles. The molecule has 10 heteroatoms. The van der Waals surface area contributed by atoms with E-state index in [1.54, 1.807) is 12.1 Å². The third kappa shape index (κ3) is 6.42. The number of halogens is 4. The van der Waals surface area contributed by atoms with Crippen LogP contribution < -0.4 is 10.2 Å². The van der Waals surface area contributed by atoms with E-state index in [9.17, 15) is 0 Å². The maximum atomic E-state index is 6.34. The van der Waals surface area contributed by atoms with E-state index >= 15 is 0 Å². The number of unbranched alkanes of at least 4 members (excludes halogenated alkanes) is 1. The zero-order valence-corrected chi connectivity index (χ0v) is 20.5. The summed E-state index contributed by atoms with van der Waals surface area (Å²) in [6.45, 7) is 5.85. The number of benzene rings is 2. The molecule has 32 heavy (non-hydrogen) atoms. The molecule has 0 bridgehead atoms. The molecule has 4 rings (SSSR count). The number of aromatic nitrogens is 2. The summed E-state index contributed by atoms with van der Waals surface area (Å²) in [5.74, 6) is 0.912. The van der Waals surface area contributed by atoms with Gasteiger partial charge in [-0.15, -0.1) is 12.4 Å². The number of piperazine rings is 1. The Hall–Kier alpha value is -1.70. The fraction of sp³-hybridized carbons (Fsp3) is 0.364. The van der Waals surface area contributed by atoms with Gasteiger partial charge in [0.25, 0.3) is 11.8 Å². The Kier molecular flexibility index (Phi) is 9.32. The number of hydrogen-bond acceptors (Lipinski definition) is 6. The standard InChI is InChI=1S/C22H24Cl3N5O.ClH/c23-16-7-8-20(19(25)15-16)30-13-11-29(12-14-30)10-4-3-9-26-22-27-21(31-28-22)17-5-1-2-6-18(17)24;/h1-2,5-8,15H,3-4,9-14H2,(H,26,28);1H. The van der Waals surface area contributed by atoms with E-state index in [0.29, 0.717) is 26.9 Å². The lowest BCUT2D eigenvalue weighted by Crippen LogP contribution is -2.46. The molecule has 0 aliphatic carbocycles. The highest BCUT2D eigenvalue weighted by molar-refractivity contribution is 6.36. The van der Waals surface area contributed by atoms with E-state index in [0.717, 1.165) is 63.4 Å². The van der Waals surface area contributed by atoms with Crippen LogP contribution in [0.2, 0.25) is 15.1 Å². The van der Waals surface area contributed by atoms with Crippen LogP contribution >= 0.6 is 47.2 Å².